The zero-order valence-electron chi connectivity index (χ0n) is 4.85. The quantitative estimate of drug-likeness (QED) is 0.229. The smallest absolute Gasteiger partial charge is 0.189 e. The minimum Gasteiger partial charge on any atom is -0.189 e. The van der Waals surface area contributed by atoms with Gasteiger partial charge in [0.1, 0.15) is 7.05 Å². The number of carbonyl (C=O) groups is 1. The molecule has 0 N–H and O–H groups in total. The Labute approximate surface area is 70.7 Å². The molecule has 1 atom stereocenters. The van der Waals surface area contributed by atoms with Gasteiger partial charge in [-0.2, -0.15) is 4.79 Å². The monoisotopic (exact) mass is 210 g/mol. The summed E-state index contributed by atoms with van der Waals surface area (Å²) in [4.78, 5) is 9.79. The third-order valence-electron chi connectivity index (χ3n) is 0.592. The summed E-state index contributed by atoms with van der Waals surface area (Å²) in [7, 11) is 0.699. The Hall–Kier alpha value is 0.420. The van der Waals surface area contributed by atoms with Crippen molar-refractivity contribution in [3.05, 3.63) is 0 Å². The van der Waals surface area contributed by atoms with Gasteiger partial charge in [-0.05, 0) is 0 Å². The average Bonchev–Trinajstić information content (AvgIpc) is 1.60. The number of hydrogen-bond acceptors (Lipinski definition) is 2. The van der Waals surface area contributed by atoms with Crippen LogP contribution in [0.4, 0.5) is 13.7 Å². The Kier molecular flexibility index (Phi) is 3.86. The van der Waals surface area contributed by atoms with Crippen LogP contribution in [0.25, 0.3) is 0 Å². The molecular weight excluding hydrogens is 207 g/mol. The van der Waals surface area contributed by atoms with Gasteiger partial charge in [0.25, 0.3) is 0 Å². The van der Waals surface area contributed by atoms with E-state index in [0.717, 1.165) is 0 Å². The summed E-state index contributed by atoms with van der Waals surface area (Å²) in [6.07, 6.45) is -2.14. The highest BCUT2D eigenvalue weighted by molar-refractivity contribution is 7.97. The number of nitrogens with zero attached hydrogens (tertiary/aromatic N) is 1. The lowest BCUT2D eigenvalue weighted by molar-refractivity contribution is -0.852. The van der Waals surface area contributed by atoms with Crippen LogP contribution in [0.3, 0.4) is 0 Å². The van der Waals surface area contributed by atoms with Crippen LogP contribution in [-0.2, 0) is 0 Å². The van der Waals surface area contributed by atoms with Crippen LogP contribution in [0, 0.1) is 0 Å². The Balaban J connectivity index is 4.00. The molecule has 1 unspecified atom stereocenters. The Morgan fingerprint density at radius 2 is 2.10 bits per heavy atom. The maximum absolute atomic E-state index is 12.5. The SMILES string of the molecule is C[N+](F)(SC(Cl)Cl)C(=O)F. The molecule has 0 heterocycles. The Morgan fingerprint density at radius 1 is 1.70 bits per heavy atom. The summed E-state index contributed by atoms with van der Waals surface area (Å²) in [5.74, 6) is 0. The molecule has 0 spiro atoms. The van der Waals surface area contributed by atoms with Crippen LogP contribution in [0.2, 0.25) is 0 Å². The molecule has 10 heavy (non-hydrogen) atoms. The van der Waals surface area contributed by atoms with Crippen molar-refractivity contribution in [3.63, 3.8) is 0 Å². The molecule has 0 saturated carbocycles. The van der Waals surface area contributed by atoms with Gasteiger partial charge in [-0.1, -0.05) is 23.2 Å². The van der Waals surface area contributed by atoms with E-state index in [0.29, 0.717) is 7.05 Å². The van der Waals surface area contributed by atoms with E-state index < -0.39 is 14.4 Å². The molecule has 0 aliphatic carbocycles. The summed E-state index contributed by atoms with van der Waals surface area (Å²) in [6.45, 7) is 0. The second kappa shape index (κ2) is 3.71. The van der Waals surface area contributed by atoms with Crippen molar-refractivity contribution >= 4 is 41.3 Å². The maximum atomic E-state index is 12.5. The first-order valence-corrected chi connectivity index (χ1v) is 3.80. The number of hydrogen-bond donors (Lipinski definition) is 0. The van der Waals surface area contributed by atoms with Crippen LogP contribution >= 0.6 is 35.1 Å². The molecule has 1 amide bonds. The van der Waals surface area contributed by atoms with Gasteiger partial charge in [0.15, 0.2) is 11.9 Å². The number of alkyl halides is 2. The number of carbonyl (C=O) groups excluding carboxylic acids is 1. The minimum atomic E-state index is -2.14. The lowest BCUT2D eigenvalue weighted by Crippen LogP contribution is -2.30. The number of amides is 1. The van der Waals surface area contributed by atoms with Gasteiger partial charge < -0.3 is 0 Å². The number of quaternary nitrogens is 1. The van der Waals surface area contributed by atoms with E-state index >= 15 is 0 Å². The molecular formula is C3H4Cl2F2NOS+. The van der Waals surface area contributed by atoms with Gasteiger partial charge in [-0.3, -0.25) is 0 Å². The number of rotatable bonds is 2. The Morgan fingerprint density at radius 3 is 2.20 bits per heavy atom. The lowest BCUT2D eigenvalue weighted by Gasteiger charge is -2.09. The minimum absolute atomic E-state index is 0.142. The zero-order chi connectivity index (χ0) is 8.36. The van der Waals surface area contributed by atoms with E-state index in [1.807, 2.05) is 0 Å². The van der Waals surface area contributed by atoms with Crippen molar-refractivity contribution in [2.24, 2.45) is 0 Å². The fourth-order valence-electron chi connectivity index (χ4n) is 0.191. The van der Waals surface area contributed by atoms with E-state index in [9.17, 15) is 13.7 Å². The largest absolute Gasteiger partial charge is 0.556 e. The van der Waals surface area contributed by atoms with Crippen molar-refractivity contribution in [3.8, 4) is 0 Å². The van der Waals surface area contributed by atoms with Gasteiger partial charge >= 0.3 is 6.16 Å². The van der Waals surface area contributed by atoms with E-state index in [2.05, 4.69) is 0 Å². The summed E-state index contributed by atoms with van der Waals surface area (Å²) >= 11 is 10.3. The summed E-state index contributed by atoms with van der Waals surface area (Å²) in [5.41, 5.74) is 0. The average molecular weight is 211 g/mol. The van der Waals surface area contributed by atoms with Gasteiger partial charge in [0.05, 0.1) is 0 Å². The van der Waals surface area contributed by atoms with E-state index in [1.165, 1.54) is 0 Å². The van der Waals surface area contributed by atoms with E-state index in [-0.39, 0.29) is 11.9 Å². The normalized spacial score (nSPS) is 17.0. The first-order chi connectivity index (χ1) is 4.36. The Bertz CT molecular complexity index is 142. The molecule has 0 aromatic heterocycles. The number of halogens is 4. The van der Waals surface area contributed by atoms with E-state index in [4.69, 9.17) is 23.2 Å². The predicted octanol–water partition coefficient (Wildman–Crippen LogP) is 2.82. The van der Waals surface area contributed by atoms with Crippen LogP contribution in [0.1, 0.15) is 0 Å². The van der Waals surface area contributed by atoms with Gasteiger partial charge in [-0.25, -0.2) is 0 Å². The van der Waals surface area contributed by atoms with Crippen molar-refractivity contribution < 1.29 is 17.8 Å². The zero-order valence-corrected chi connectivity index (χ0v) is 7.18. The van der Waals surface area contributed by atoms with E-state index in [1.54, 1.807) is 0 Å². The van der Waals surface area contributed by atoms with Crippen LogP contribution in [0.15, 0.2) is 0 Å². The van der Waals surface area contributed by atoms with Crippen LogP contribution in [0.5, 0.6) is 0 Å². The van der Waals surface area contributed by atoms with Gasteiger partial charge in [0.2, 0.25) is 4.17 Å². The molecule has 2 nitrogen and oxygen atoms in total. The van der Waals surface area contributed by atoms with Crippen LogP contribution < -0.4 is 0 Å². The molecule has 0 aromatic carbocycles. The second-order valence-corrected chi connectivity index (χ2v) is 4.42. The summed E-state index contributed by atoms with van der Waals surface area (Å²) in [5, 5.41) is 0. The third-order valence-corrected chi connectivity index (χ3v) is 1.77. The predicted molar refractivity (Wildman–Crippen MR) is 36.9 cm³/mol. The molecule has 0 rings (SSSR count). The highest BCUT2D eigenvalue weighted by Gasteiger charge is 2.39. The maximum Gasteiger partial charge on any atom is 0.556 e. The van der Waals surface area contributed by atoms with Gasteiger partial charge in [-0.15, -0.1) is 4.39 Å². The second-order valence-electron chi connectivity index (χ2n) is 1.44. The third kappa shape index (κ3) is 3.55. The summed E-state index contributed by atoms with van der Waals surface area (Å²) in [6, 6.07) is 0. The fourth-order valence-corrected chi connectivity index (χ4v) is 1.47. The molecule has 0 radical (unpaired) electrons. The first-order valence-electron chi connectivity index (χ1n) is 2.09. The molecule has 0 aliphatic rings. The summed E-state index contributed by atoms with van der Waals surface area (Å²) < 4.78 is 20.9. The lowest BCUT2D eigenvalue weighted by atomic mass is 11.1. The molecule has 0 fully saturated rings. The first kappa shape index (κ1) is 10.4. The molecule has 60 valence electrons. The molecule has 0 aliphatic heterocycles. The molecule has 0 bridgehead atoms. The molecule has 7 heteroatoms. The topological polar surface area (TPSA) is 17.1 Å². The van der Waals surface area contributed by atoms with Crippen molar-refractivity contribution in [2.45, 2.75) is 4.17 Å². The van der Waals surface area contributed by atoms with Crippen molar-refractivity contribution in [1.29, 1.82) is 0 Å². The van der Waals surface area contributed by atoms with Crippen molar-refractivity contribution in [1.82, 2.24) is 0 Å². The highest BCUT2D eigenvalue weighted by atomic mass is 35.5. The van der Waals surface area contributed by atoms with Crippen LogP contribution in [-0.4, -0.2) is 21.5 Å². The highest BCUT2D eigenvalue weighted by Crippen LogP contribution is 2.31. The fraction of sp³-hybridized carbons (Fsp3) is 0.667. The van der Waals surface area contributed by atoms with Crippen molar-refractivity contribution in [2.75, 3.05) is 7.05 Å². The van der Waals surface area contributed by atoms with Gasteiger partial charge in [0, 0.05) is 8.59 Å². The molecule has 0 aromatic rings. The standard InChI is InChI=1S/C3H4Cl2F2NOS/c1-8(7,3(6)9)10-2(4)5/h2H,1H3/q+1. The molecule has 0 saturated heterocycles.